The highest BCUT2D eigenvalue weighted by atomic mass is 32.1. The first-order valence-corrected chi connectivity index (χ1v) is 19.9. The van der Waals surface area contributed by atoms with Gasteiger partial charge in [0.2, 0.25) is 5.95 Å². The number of fused-ring (bicyclic) bond motifs is 9. The van der Waals surface area contributed by atoms with Gasteiger partial charge in [-0.1, -0.05) is 127 Å². The van der Waals surface area contributed by atoms with Crippen LogP contribution in [0.2, 0.25) is 0 Å². The molecule has 6 heteroatoms. The van der Waals surface area contributed by atoms with E-state index in [1.165, 1.54) is 26.5 Å². The van der Waals surface area contributed by atoms with Gasteiger partial charge < -0.3 is 4.57 Å². The summed E-state index contributed by atoms with van der Waals surface area (Å²) in [6.07, 6.45) is 0. The highest BCUT2D eigenvalue weighted by molar-refractivity contribution is 7.22. The molecule has 0 amide bonds. The van der Waals surface area contributed by atoms with E-state index >= 15 is 0 Å². The molecule has 0 saturated carbocycles. The highest BCUT2D eigenvalue weighted by Crippen LogP contribution is 2.43. The topological polar surface area (TPSA) is 48.5 Å². The van der Waals surface area contributed by atoms with Gasteiger partial charge >= 0.3 is 0 Å². The van der Waals surface area contributed by atoms with Crippen molar-refractivity contribution in [3.63, 3.8) is 0 Å². The Balaban J connectivity index is 1.06. The van der Waals surface area contributed by atoms with Crippen LogP contribution in [-0.2, 0) is 0 Å². The van der Waals surface area contributed by atoms with E-state index in [9.17, 15) is 0 Å². The van der Waals surface area contributed by atoms with Gasteiger partial charge in [-0.15, -0.1) is 11.3 Å². The smallest absolute Gasteiger partial charge is 0.235 e. The normalized spacial score (nSPS) is 11.9. The zero-order valence-electron chi connectivity index (χ0n) is 30.5. The van der Waals surface area contributed by atoms with Crippen molar-refractivity contribution < 1.29 is 0 Å². The second-order valence-electron chi connectivity index (χ2n) is 14.4. The van der Waals surface area contributed by atoms with Crippen LogP contribution in [0.15, 0.2) is 188 Å². The molecule has 5 nitrogen and oxygen atoms in total. The lowest BCUT2D eigenvalue weighted by Crippen LogP contribution is -2.03. The molecule has 0 bridgehead atoms. The molecular formula is C51H31N5S. The van der Waals surface area contributed by atoms with Crippen LogP contribution in [0.1, 0.15) is 0 Å². The first-order valence-electron chi connectivity index (χ1n) is 19.1. The quantitative estimate of drug-likeness (QED) is 0.176. The van der Waals surface area contributed by atoms with E-state index < -0.39 is 0 Å². The van der Waals surface area contributed by atoms with Crippen LogP contribution in [0, 0.1) is 0 Å². The maximum atomic E-state index is 5.27. The molecule has 0 saturated heterocycles. The van der Waals surface area contributed by atoms with Crippen molar-refractivity contribution in [3.8, 4) is 44.6 Å². The fourth-order valence-corrected chi connectivity index (χ4v) is 9.67. The molecule has 0 N–H and O–H groups in total. The van der Waals surface area contributed by atoms with Gasteiger partial charge in [0.05, 0.1) is 43.5 Å². The van der Waals surface area contributed by atoms with E-state index in [4.69, 9.17) is 15.0 Å². The number of hydrogen-bond donors (Lipinski definition) is 0. The average molecular weight is 746 g/mol. The van der Waals surface area contributed by atoms with Gasteiger partial charge in [-0.3, -0.25) is 4.57 Å². The first kappa shape index (κ1) is 31.9. The van der Waals surface area contributed by atoms with Gasteiger partial charge in [-0.2, -0.15) is 0 Å². The Bertz CT molecular complexity index is 3510. The lowest BCUT2D eigenvalue weighted by molar-refractivity contribution is 1.01. The molecule has 0 atom stereocenters. The second-order valence-corrected chi connectivity index (χ2v) is 15.4. The lowest BCUT2D eigenvalue weighted by atomic mass is 10.0. The predicted octanol–water partition coefficient (Wildman–Crippen LogP) is 13.4. The highest BCUT2D eigenvalue weighted by Gasteiger charge is 2.21. The summed E-state index contributed by atoms with van der Waals surface area (Å²) in [6.45, 7) is 0. The monoisotopic (exact) mass is 745 g/mol. The molecule has 0 unspecified atom stereocenters. The number of hydrogen-bond acceptors (Lipinski definition) is 4. The standard InChI is InChI=1S/C51H31N5S/c1-4-14-32(15-5-1)47-39-21-10-12-22-42(39)53-51(54-47)56-44-23-13-11-20-37(44)40-30-34(25-29-46(40)56)35-24-28-45-41(31-35)38-26-27-43-49(48(38)55(45)36-18-8-3-9-19-36)57-50(52-43)33-16-6-2-7-17-33/h1-31H. The molecule has 266 valence electrons. The van der Waals surface area contributed by atoms with Crippen LogP contribution in [0.5, 0.6) is 0 Å². The summed E-state index contributed by atoms with van der Waals surface area (Å²) in [4.78, 5) is 15.5. The third-order valence-corrected chi connectivity index (χ3v) is 12.3. The van der Waals surface area contributed by atoms with Crippen LogP contribution in [0.4, 0.5) is 0 Å². The Morgan fingerprint density at radius 2 is 0.965 bits per heavy atom. The second kappa shape index (κ2) is 12.6. The number of thiazole rings is 1. The molecule has 0 aliphatic heterocycles. The van der Waals surface area contributed by atoms with Crippen LogP contribution in [-0.4, -0.2) is 24.1 Å². The average Bonchev–Trinajstić information content (AvgIpc) is 3.97. The Morgan fingerprint density at radius 3 is 1.72 bits per heavy atom. The van der Waals surface area contributed by atoms with Crippen molar-refractivity contribution >= 4 is 76.1 Å². The van der Waals surface area contributed by atoms with Crippen molar-refractivity contribution in [3.05, 3.63) is 188 Å². The van der Waals surface area contributed by atoms with E-state index in [-0.39, 0.29) is 0 Å². The van der Waals surface area contributed by atoms with Crippen molar-refractivity contribution in [1.29, 1.82) is 0 Å². The van der Waals surface area contributed by atoms with E-state index in [0.717, 1.165) is 76.9 Å². The van der Waals surface area contributed by atoms with E-state index in [0.29, 0.717) is 5.95 Å². The molecule has 4 aromatic heterocycles. The molecule has 12 rings (SSSR count). The minimum Gasteiger partial charge on any atom is -0.308 e. The Kier molecular flexibility index (Phi) is 7.03. The van der Waals surface area contributed by atoms with Gasteiger partial charge in [-0.25, -0.2) is 15.0 Å². The number of para-hydroxylation sites is 3. The minimum atomic E-state index is 0.659. The van der Waals surface area contributed by atoms with E-state index in [2.05, 4.69) is 185 Å². The van der Waals surface area contributed by atoms with Gasteiger partial charge in [0, 0.05) is 43.7 Å². The fraction of sp³-hybridized carbons (Fsp3) is 0. The Labute approximate surface area is 331 Å². The summed E-state index contributed by atoms with van der Waals surface area (Å²) in [6, 6.07) is 66.6. The minimum absolute atomic E-state index is 0.659. The summed E-state index contributed by atoms with van der Waals surface area (Å²) < 4.78 is 5.82. The molecule has 4 heterocycles. The molecule has 57 heavy (non-hydrogen) atoms. The summed E-state index contributed by atoms with van der Waals surface area (Å²) in [5.74, 6) is 0.659. The van der Waals surface area contributed by atoms with Gasteiger partial charge in [-0.05, 0) is 71.8 Å². The SMILES string of the molecule is c1ccc(-c2nc3ccc4c5cc(-c6ccc7c(c6)c6ccccc6n7-c6nc(-c7ccccc7)c7ccccc7n6)ccc5n(-c5ccccc5)c4c3s2)cc1. The molecule has 0 aliphatic carbocycles. The zero-order valence-corrected chi connectivity index (χ0v) is 31.4. The zero-order chi connectivity index (χ0) is 37.5. The Morgan fingerprint density at radius 1 is 0.368 bits per heavy atom. The van der Waals surface area contributed by atoms with Crippen molar-refractivity contribution in [1.82, 2.24) is 24.1 Å². The number of rotatable bonds is 5. The summed E-state index contributed by atoms with van der Waals surface area (Å²) in [7, 11) is 0. The van der Waals surface area contributed by atoms with Crippen LogP contribution < -0.4 is 0 Å². The third kappa shape index (κ3) is 4.98. The third-order valence-electron chi connectivity index (χ3n) is 11.2. The first-order chi connectivity index (χ1) is 28.3. The molecule has 0 radical (unpaired) electrons. The number of benzene rings is 8. The van der Waals surface area contributed by atoms with E-state index in [1.807, 2.05) is 12.1 Å². The van der Waals surface area contributed by atoms with Crippen LogP contribution >= 0.6 is 11.3 Å². The van der Waals surface area contributed by atoms with Crippen LogP contribution in [0.25, 0.3) is 109 Å². The van der Waals surface area contributed by atoms with Crippen molar-refractivity contribution in [2.24, 2.45) is 0 Å². The van der Waals surface area contributed by atoms with Gasteiger partial charge in [0.15, 0.2) is 0 Å². The van der Waals surface area contributed by atoms with Crippen molar-refractivity contribution in [2.45, 2.75) is 0 Å². The predicted molar refractivity (Wildman–Crippen MR) is 238 cm³/mol. The lowest BCUT2D eigenvalue weighted by Gasteiger charge is -2.12. The van der Waals surface area contributed by atoms with E-state index in [1.54, 1.807) is 11.3 Å². The summed E-state index contributed by atoms with van der Waals surface area (Å²) in [5, 5.41) is 6.81. The fourth-order valence-electron chi connectivity index (χ4n) is 8.56. The molecule has 0 fully saturated rings. The largest absolute Gasteiger partial charge is 0.308 e. The molecular weight excluding hydrogens is 715 g/mol. The van der Waals surface area contributed by atoms with Crippen molar-refractivity contribution in [2.75, 3.05) is 0 Å². The number of aromatic nitrogens is 5. The molecule has 0 aliphatic rings. The van der Waals surface area contributed by atoms with Crippen LogP contribution in [0.3, 0.4) is 0 Å². The van der Waals surface area contributed by atoms with Gasteiger partial charge in [0.25, 0.3) is 0 Å². The maximum Gasteiger partial charge on any atom is 0.235 e. The maximum absolute atomic E-state index is 5.27. The molecule has 0 spiro atoms. The molecule has 8 aromatic carbocycles. The summed E-state index contributed by atoms with van der Waals surface area (Å²) in [5.41, 5.74) is 13.0. The number of nitrogens with zero attached hydrogens (tertiary/aromatic N) is 5. The Hall–Kier alpha value is -7.41. The van der Waals surface area contributed by atoms with Gasteiger partial charge in [0.1, 0.15) is 5.01 Å². The summed E-state index contributed by atoms with van der Waals surface area (Å²) >= 11 is 1.76. The molecule has 12 aromatic rings.